The summed E-state index contributed by atoms with van der Waals surface area (Å²) in [5, 5.41) is 0. The number of nitrogens with zero attached hydrogens (tertiary/aromatic N) is 2. The van der Waals surface area contributed by atoms with Gasteiger partial charge in [0, 0.05) is 0 Å². The minimum Gasteiger partial charge on any atom is -0.411 e. The van der Waals surface area contributed by atoms with Crippen molar-refractivity contribution in [3.05, 3.63) is 0 Å². The van der Waals surface area contributed by atoms with Gasteiger partial charge in [-0.15, -0.1) is 0 Å². The third kappa shape index (κ3) is 3.28. The second-order valence-electron chi connectivity index (χ2n) is 8.63. The van der Waals surface area contributed by atoms with Gasteiger partial charge in [0.1, 0.15) is 16.5 Å². The van der Waals surface area contributed by atoms with E-state index in [9.17, 15) is 9.59 Å². The van der Waals surface area contributed by atoms with E-state index in [4.69, 9.17) is 4.12 Å². The van der Waals surface area contributed by atoms with E-state index in [1.807, 2.05) is 0 Å². The van der Waals surface area contributed by atoms with Crippen LogP contribution in [0.1, 0.15) is 0 Å². The monoisotopic (exact) mass is 368 g/mol. The van der Waals surface area contributed by atoms with Crippen molar-refractivity contribution in [3.8, 4) is 0 Å². The average Bonchev–Trinajstić information content (AvgIpc) is 1.86. The molecule has 5 nitrogen and oxygen atoms in total. The molecule has 0 amide bonds. The van der Waals surface area contributed by atoms with Crippen molar-refractivity contribution >= 4 is 42.3 Å². The normalized spacial score (nSPS) is 24.6. The van der Waals surface area contributed by atoms with E-state index < -0.39 is 42.3 Å². The molecular formula is C10H32N2O3Si5. The SMILES string of the molecule is C[Si](C)(O)O[Si]1(O)N([Si](C)(C)C)[Si](C)(C)N1[Si](C)(C)C. The smallest absolute Gasteiger partial charge is 0.411 e. The molecule has 1 aliphatic rings. The molecule has 1 aliphatic heterocycles. The first-order valence-corrected chi connectivity index (χ1v) is 21.6. The van der Waals surface area contributed by atoms with Crippen LogP contribution in [0, 0.1) is 0 Å². The molecule has 2 N–H and O–H groups in total. The van der Waals surface area contributed by atoms with Crippen molar-refractivity contribution in [1.82, 2.24) is 7.79 Å². The lowest BCUT2D eigenvalue weighted by atomic mass is 11.8. The van der Waals surface area contributed by atoms with Crippen molar-refractivity contribution in [2.45, 2.75) is 65.5 Å². The van der Waals surface area contributed by atoms with Gasteiger partial charge >= 0.3 is 17.4 Å². The molecule has 0 radical (unpaired) electrons. The van der Waals surface area contributed by atoms with E-state index in [1.165, 1.54) is 0 Å². The Hall–Kier alpha value is 0.884. The molecule has 0 aromatic heterocycles. The predicted molar refractivity (Wildman–Crippen MR) is 96.6 cm³/mol. The van der Waals surface area contributed by atoms with Gasteiger partial charge in [-0.3, -0.25) is 0 Å². The Morgan fingerprint density at radius 3 is 1.30 bits per heavy atom. The zero-order valence-corrected chi connectivity index (χ0v) is 19.7. The molecule has 0 aromatic rings. The molecule has 0 atom stereocenters. The van der Waals surface area contributed by atoms with Crippen LogP contribution in [0.3, 0.4) is 0 Å². The van der Waals surface area contributed by atoms with Gasteiger partial charge in [0.15, 0.2) is 8.40 Å². The highest BCUT2D eigenvalue weighted by Crippen LogP contribution is 2.45. The van der Waals surface area contributed by atoms with Crippen molar-refractivity contribution in [3.63, 3.8) is 0 Å². The van der Waals surface area contributed by atoms with E-state index in [0.717, 1.165) is 0 Å². The summed E-state index contributed by atoms with van der Waals surface area (Å²) in [6.45, 7) is 21.7. The Kier molecular flexibility index (Phi) is 4.68. The van der Waals surface area contributed by atoms with Gasteiger partial charge in [-0.1, -0.05) is 39.3 Å². The fraction of sp³-hybridized carbons (Fsp3) is 1.00. The first-order chi connectivity index (χ1) is 8.44. The maximum Gasteiger partial charge on any atom is 0.485 e. The van der Waals surface area contributed by atoms with Crippen LogP contribution in [0.4, 0.5) is 0 Å². The molecule has 1 heterocycles. The highest BCUT2D eigenvalue weighted by Gasteiger charge is 2.75. The zero-order valence-electron chi connectivity index (χ0n) is 14.7. The quantitative estimate of drug-likeness (QED) is 0.744. The summed E-state index contributed by atoms with van der Waals surface area (Å²) >= 11 is 0. The van der Waals surface area contributed by atoms with Gasteiger partial charge in [-0.05, 0) is 26.2 Å². The molecule has 0 spiro atoms. The van der Waals surface area contributed by atoms with Gasteiger partial charge in [-0.2, -0.15) is 0 Å². The molecule has 0 aliphatic carbocycles. The molecular weight excluding hydrogens is 337 g/mol. The summed E-state index contributed by atoms with van der Waals surface area (Å²) in [5.41, 5.74) is 0. The first-order valence-electron chi connectivity index (χ1n) is 7.20. The van der Waals surface area contributed by atoms with E-state index in [2.05, 4.69) is 60.2 Å². The van der Waals surface area contributed by atoms with Crippen LogP contribution in [-0.4, -0.2) is 59.7 Å². The minimum atomic E-state index is -3.13. The topological polar surface area (TPSA) is 56.2 Å². The molecule has 0 unspecified atom stereocenters. The van der Waals surface area contributed by atoms with Crippen LogP contribution in [0.2, 0.25) is 65.5 Å². The highest BCUT2D eigenvalue weighted by atomic mass is 28.6. The van der Waals surface area contributed by atoms with Crippen molar-refractivity contribution in [2.75, 3.05) is 0 Å². The molecule has 1 rings (SSSR count). The van der Waals surface area contributed by atoms with Gasteiger partial charge in [-0.25, -0.2) is 0 Å². The Labute approximate surface area is 129 Å². The van der Waals surface area contributed by atoms with Crippen molar-refractivity contribution in [1.29, 1.82) is 0 Å². The van der Waals surface area contributed by atoms with Crippen molar-refractivity contribution < 1.29 is 13.7 Å². The summed E-state index contributed by atoms with van der Waals surface area (Å²) in [5.74, 6) is 0. The lowest BCUT2D eigenvalue weighted by Crippen LogP contribution is -3.00. The summed E-state index contributed by atoms with van der Waals surface area (Å²) in [6.07, 6.45) is 0. The molecule has 120 valence electrons. The molecule has 1 fully saturated rings. The first kappa shape index (κ1) is 18.9. The van der Waals surface area contributed by atoms with Crippen LogP contribution in [0.25, 0.3) is 0 Å². The molecule has 0 saturated carbocycles. The maximum atomic E-state index is 11.4. The summed E-state index contributed by atoms with van der Waals surface area (Å²) in [7, 11) is -11.1. The Bertz CT molecular complexity index is 362. The van der Waals surface area contributed by atoms with Crippen molar-refractivity contribution in [2.24, 2.45) is 0 Å². The average molecular weight is 369 g/mol. The van der Waals surface area contributed by atoms with Gasteiger partial charge in [0.05, 0.1) is 0 Å². The molecule has 10 heteroatoms. The molecule has 0 aromatic carbocycles. The second kappa shape index (κ2) is 4.94. The van der Waals surface area contributed by atoms with Gasteiger partial charge < -0.3 is 21.5 Å². The minimum absolute atomic E-state index is 1.69. The second-order valence-corrected chi connectivity index (χ2v) is 30.5. The van der Waals surface area contributed by atoms with Crippen LogP contribution in [0.15, 0.2) is 0 Å². The van der Waals surface area contributed by atoms with Gasteiger partial charge in [0.25, 0.3) is 0 Å². The zero-order chi connectivity index (χ0) is 16.4. The summed E-state index contributed by atoms with van der Waals surface area (Å²) in [6, 6.07) is 0. The van der Waals surface area contributed by atoms with E-state index in [0.29, 0.717) is 0 Å². The van der Waals surface area contributed by atoms with E-state index in [-0.39, 0.29) is 0 Å². The fourth-order valence-corrected chi connectivity index (χ4v) is 38.6. The molecule has 1 saturated heterocycles. The van der Waals surface area contributed by atoms with Crippen LogP contribution in [0.5, 0.6) is 0 Å². The largest absolute Gasteiger partial charge is 0.485 e. The van der Waals surface area contributed by atoms with E-state index >= 15 is 0 Å². The Morgan fingerprint density at radius 1 is 0.800 bits per heavy atom. The number of hydrogen-bond acceptors (Lipinski definition) is 5. The standard InChI is InChI=1S/C10H32N2O3Si5/c1-16(2,3)11-18(7,8)12(17(4,5)6)20(11,14)15-19(9,10)13/h13-14H,1-10H3. The predicted octanol–water partition coefficient (Wildman–Crippen LogP) is 2.11. The third-order valence-corrected chi connectivity index (χ3v) is 30.6. The summed E-state index contributed by atoms with van der Waals surface area (Å²) < 4.78 is 10.8. The fourth-order valence-electron chi connectivity index (χ4n) is 3.81. The Balaban J connectivity index is 3.33. The molecule has 20 heavy (non-hydrogen) atoms. The number of rotatable bonds is 4. The lowest BCUT2D eigenvalue weighted by molar-refractivity contribution is 0.219. The van der Waals surface area contributed by atoms with E-state index in [1.54, 1.807) is 13.1 Å². The lowest BCUT2D eigenvalue weighted by Gasteiger charge is -2.72. The van der Waals surface area contributed by atoms with Crippen LogP contribution >= 0.6 is 0 Å². The highest BCUT2D eigenvalue weighted by molar-refractivity contribution is 7.17. The Morgan fingerprint density at radius 2 is 1.10 bits per heavy atom. The van der Waals surface area contributed by atoms with Gasteiger partial charge in [0.2, 0.25) is 0 Å². The van der Waals surface area contributed by atoms with Crippen LogP contribution < -0.4 is 0 Å². The summed E-state index contributed by atoms with van der Waals surface area (Å²) in [4.78, 5) is 21.7. The number of hydrogen-bond donors (Lipinski definition) is 2. The molecule has 0 bridgehead atoms. The van der Waals surface area contributed by atoms with Crippen LogP contribution in [-0.2, 0) is 4.12 Å². The third-order valence-electron chi connectivity index (χ3n) is 3.41. The maximum absolute atomic E-state index is 11.4.